The van der Waals surface area contributed by atoms with Crippen molar-refractivity contribution in [2.24, 2.45) is 5.92 Å². The van der Waals surface area contributed by atoms with Gasteiger partial charge in [0.15, 0.2) is 0 Å². The van der Waals surface area contributed by atoms with Crippen molar-refractivity contribution in [3.8, 4) is 0 Å². The highest BCUT2D eigenvalue weighted by atomic mass is 32.2. The first-order chi connectivity index (χ1) is 4.16. The Hall–Kier alpha value is 0.310. The Balaban J connectivity index is 3.06. The first-order valence-electron chi connectivity index (χ1n) is 3.44. The lowest BCUT2D eigenvalue weighted by Crippen LogP contribution is -2.00. The van der Waals surface area contributed by atoms with Crippen LogP contribution >= 0.6 is 11.8 Å². The Bertz CT molecular complexity index is 63.9. The number of hydrogen-bond acceptors (Lipinski definition) is 1. The van der Waals surface area contributed by atoms with Crippen molar-refractivity contribution in [2.45, 2.75) is 32.6 Å². The number of rotatable bonds is 4. The van der Waals surface area contributed by atoms with E-state index in [1.165, 1.54) is 18.2 Å². The van der Waals surface area contributed by atoms with Crippen LogP contribution in [0.15, 0.2) is 0 Å². The minimum atomic E-state index is -0.445. The standard InChI is InChI=1S/C7H15OS/c1-4-6(2)5-9-7(3)8/h6-7H,4-5H2,1-3H3. The normalized spacial score (nSPS) is 17.3. The fraction of sp³-hybridized carbons (Fsp3) is 1.00. The Morgan fingerprint density at radius 2 is 2.00 bits per heavy atom. The lowest BCUT2D eigenvalue weighted by Gasteiger charge is -2.07. The molecule has 0 amide bonds. The zero-order valence-electron chi connectivity index (χ0n) is 6.39. The fourth-order valence-corrected chi connectivity index (χ4v) is 1.25. The number of hydrogen-bond donors (Lipinski definition) is 0. The molecule has 1 nitrogen and oxygen atoms in total. The van der Waals surface area contributed by atoms with Gasteiger partial charge < -0.3 is 0 Å². The molecule has 0 aliphatic carbocycles. The van der Waals surface area contributed by atoms with Gasteiger partial charge in [0.2, 0.25) is 0 Å². The summed E-state index contributed by atoms with van der Waals surface area (Å²) in [6, 6.07) is 0. The maximum atomic E-state index is 10.5. The molecule has 1 radical (unpaired) electrons. The summed E-state index contributed by atoms with van der Waals surface area (Å²) in [4.78, 5) is 0. The van der Waals surface area contributed by atoms with Gasteiger partial charge in [-0.05, 0) is 18.6 Å². The second kappa shape index (κ2) is 5.12. The van der Waals surface area contributed by atoms with E-state index < -0.39 is 5.44 Å². The van der Waals surface area contributed by atoms with Crippen LogP contribution in [0.2, 0.25) is 0 Å². The molecule has 0 aromatic rings. The third-order valence-corrected chi connectivity index (χ3v) is 2.54. The predicted octanol–water partition coefficient (Wildman–Crippen LogP) is 2.54. The average molecular weight is 147 g/mol. The molecule has 0 rings (SSSR count). The highest BCUT2D eigenvalue weighted by Gasteiger charge is 2.01. The summed E-state index contributed by atoms with van der Waals surface area (Å²) in [6.45, 7) is 6.03. The quantitative estimate of drug-likeness (QED) is 0.559. The maximum absolute atomic E-state index is 10.5. The molecule has 0 fully saturated rings. The van der Waals surface area contributed by atoms with Gasteiger partial charge in [0.05, 0.1) is 0 Å². The highest BCUT2D eigenvalue weighted by Crippen LogP contribution is 2.14. The van der Waals surface area contributed by atoms with Gasteiger partial charge in [-0.3, -0.25) is 0 Å². The first kappa shape index (κ1) is 9.31. The molecule has 9 heavy (non-hydrogen) atoms. The van der Waals surface area contributed by atoms with Crippen molar-refractivity contribution in [1.82, 2.24) is 0 Å². The molecular weight excluding hydrogens is 132 g/mol. The van der Waals surface area contributed by atoms with Crippen molar-refractivity contribution >= 4 is 11.8 Å². The summed E-state index contributed by atoms with van der Waals surface area (Å²) in [5.41, 5.74) is -0.445. The first-order valence-corrected chi connectivity index (χ1v) is 4.49. The third-order valence-electron chi connectivity index (χ3n) is 1.31. The summed E-state index contributed by atoms with van der Waals surface area (Å²) in [6.07, 6.45) is 1.18. The highest BCUT2D eigenvalue weighted by molar-refractivity contribution is 7.99. The van der Waals surface area contributed by atoms with Crippen molar-refractivity contribution in [3.05, 3.63) is 0 Å². The van der Waals surface area contributed by atoms with Crippen molar-refractivity contribution in [2.75, 3.05) is 5.75 Å². The zero-order valence-corrected chi connectivity index (χ0v) is 7.20. The molecule has 2 heteroatoms. The largest absolute Gasteiger partial charge is 0.222 e. The van der Waals surface area contributed by atoms with E-state index in [0.29, 0.717) is 5.92 Å². The smallest absolute Gasteiger partial charge is 0.136 e. The summed E-state index contributed by atoms with van der Waals surface area (Å²) in [5, 5.41) is 10.5. The van der Waals surface area contributed by atoms with Gasteiger partial charge in [-0.2, -0.15) is 0 Å². The molecule has 0 spiro atoms. The van der Waals surface area contributed by atoms with E-state index in [2.05, 4.69) is 13.8 Å². The Morgan fingerprint density at radius 1 is 1.44 bits per heavy atom. The van der Waals surface area contributed by atoms with E-state index in [1.807, 2.05) is 0 Å². The van der Waals surface area contributed by atoms with Crippen molar-refractivity contribution < 1.29 is 5.11 Å². The van der Waals surface area contributed by atoms with E-state index in [1.54, 1.807) is 6.92 Å². The summed E-state index contributed by atoms with van der Waals surface area (Å²) in [5.74, 6) is 1.72. The molecule has 0 saturated heterocycles. The summed E-state index contributed by atoms with van der Waals surface area (Å²) < 4.78 is 0. The molecule has 2 atom stereocenters. The molecule has 55 valence electrons. The van der Waals surface area contributed by atoms with Gasteiger partial charge in [-0.1, -0.05) is 20.3 Å². The molecule has 0 bridgehead atoms. The van der Waals surface area contributed by atoms with Crippen LogP contribution in [0.5, 0.6) is 0 Å². The SMILES string of the molecule is CCC(C)CSC(C)[O]. The molecule has 0 heterocycles. The minimum absolute atomic E-state index is 0.445. The molecule has 0 aromatic carbocycles. The van der Waals surface area contributed by atoms with Gasteiger partial charge in [-0.25, -0.2) is 5.11 Å². The van der Waals surface area contributed by atoms with Crippen LogP contribution in [0.1, 0.15) is 27.2 Å². The van der Waals surface area contributed by atoms with Crippen LogP contribution in [0, 0.1) is 5.92 Å². The molecule has 0 aliphatic rings. The average Bonchev–Trinajstić information content (AvgIpc) is 1.83. The Labute approximate surface area is 61.8 Å². The van der Waals surface area contributed by atoms with Crippen LogP contribution in [0.3, 0.4) is 0 Å². The van der Waals surface area contributed by atoms with Crippen LogP contribution in [0.4, 0.5) is 0 Å². The summed E-state index contributed by atoms with van der Waals surface area (Å²) in [7, 11) is 0. The topological polar surface area (TPSA) is 19.9 Å². The Kier molecular flexibility index (Phi) is 5.30. The molecule has 0 saturated carbocycles. The molecule has 0 N–H and O–H groups in total. The van der Waals surface area contributed by atoms with Crippen LogP contribution in [0.25, 0.3) is 0 Å². The van der Waals surface area contributed by atoms with E-state index in [0.717, 1.165) is 5.75 Å². The van der Waals surface area contributed by atoms with E-state index in [4.69, 9.17) is 0 Å². The van der Waals surface area contributed by atoms with Gasteiger partial charge in [-0.15, -0.1) is 11.8 Å². The minimum Gasteiger partial charge on any atom is -0.222 e. The molecule has 0 aromatic heterocycles. The van der Waals surface area contributed by atoms with Gasteiger partial charge >= 0.3 is 0 Å². The predicted molar refractivity (Wildman–Crippen MR) is 42.1 cm³/mol. The zero-order chi connectivity index (χ0) is 7.28. The lowest BCUT2D eigenvalue weighted by molar-refractivity contribution is 0.180. The van der Waals surface area contributed by atoms with E-state index in [-0.39, 0.29) is 0 Å². The van der Waals surface area contributed by atoms with Crippen LogP contribution < -0.4 is 0 Å². The Morgan fingerprint density at radius 3 is 2.33 bits per heavy atom. The van der Waals surface area contributed by atoms with Gasteiger partial charge in [0.25, 0.3) is 0 Å². The van der Waals surface area contributed by atoms with Gasteiger partial charge in [0.1, 0.15) is 5.44 Å². The maximum Gasteiger partial charge on any atom is 0.136 e. The van der Waals surface area contributed by atoms with E-state index >= 15 is 0 Å². The second-order valence-corrected chi connectivity index (χ2v) is 3.74. The lowest BCUT2D eigenvalue weighted by atomic mass is 10.2. The fourth-order valence-electron chi connectivity index (χ4n) is 0.418. The molecular formula is C7H15OS. The van der Waals surface area contributed by atoms with Crippen molar-refractivity contribution in [1.29, 1.82) is 0 Å². The number of thioether (sulfide) groups is 1. The molecule has 0 aliphatic heterocycles. The summed E-state index contributed by atoms with van der Waals surface area (Å²) >= 11 is 1.51. The van der Waals surface area contributed by atoms with E-state index in [9.17, 15) is 5.11 Å². The second-order valence-electron chi connectivity index (χ2n) is 2.41. The van der Waals surface area contributed by atoms with Crippen LogP contribution in [-0.2, 0) is 5.11 Å². The molecule has 2 unspecified atom stereocenters. The third kappa shape index (κ3) is 6.19. The van der Waals surface area contributed by atoms with Gasteiger partial charge in [0, 0.05) is 0 Å². The van der Waals surface area contributed by atoms with Crippen LogP contribution in [-0.4, -0.2) is 11.2 Å². The van der Waals surface area contributed by atoms with Crippen molar-refractivity contribution in [3.63, 3.8) is 0 Å². The monoisotopic (exact) mass is 147 g/mol.